The van der Waals surface area contributed by atoms with E-state index in [2.05, 4.69) is 22.1 Å². The Hall–Kier alpha value is -0.590. The number of nitrogens with one attached hydrogen (secondary N) is 1. The first-order valence-electron chi connectivity index (χ1n) is 5.07. The molecule has 0 bridgehead atoms. The van der Waals surface area contributed by atoms with Gasteiger partial charge in [-0.25, -0.2) is 4.98 Å². The van der Waals surface area contributed by atoms with Crippen LogP contribution in [0.3, 0.4) is 0 Å². The van der Waals surface area contributed by atoms with E-state index in [1.807, 2.05) is 0 Å². The second-order valence-electron chi connectivity index (χ2n) is 3.18. The summed E-state index contributed by atoms with van der Waals surface area (Å²) in [5, 5.41) is 16.7. The van der Waals surface area contributed by atoms with Gasteiger partial charge in [-0.15, -0.1) is 0 Å². The maximum Gasteiger partial charge on any atom is 0.183 e. The van der Waals surface area contributed by atoms with Crippen LogP contribution in [0.15, 0.2) is 11.5 Å². The fraction of sp³-hybridized carbons (Fsp3) is 0.778. The van der Waals surface area contributed by atoms with Crippen LogP contribution in [-0.2, 0) is 4.74 Å². The third-order valence-corrected chi connectivity index (χ3v) is 2.78. The van der Waals surface area contributed by atoms with Crippen LogP contribution in [-0.4, -0.2) is 45.4 Å². The van der Waals surface area contributed by atoms with Gasteiger partial charge in [-0.2, -0.15) is 5.10 Å². The average molecular weight is 231 g/mol. The molecule has 86 valence electrons. The van der Waals surface area contributed by atoms with Crippen LogP contribution < -0.4 is 0 Å². The van der Waals surface area contributed by atoms with Gasteiger partial charge in [-0.3, -0.25) is 5.10 Å². The van der Waals surface area contributed by atoms with Crippen LogP contribution >= 0.6 is 11.8 Å². The van der Waals surface area contributed by atoms with Gasteiger partial charge in [0.2, 0.25) is 0 Å². The van der Waals surface area contributed by atoms with Gasteiger partial charge in [0.1, 0.15) is 6.33 Å². The van der Waals surface area contributed by atoms with Crippen molar-refractivity contribution in [1.29, 1.82) is 0 Å². The zero-order valence-corrected chi connectivity index (χ0v) is 9.66. The van der Waals surface area contributed by atoms with Crippen molar-refractivity contribution in [1.82, 2.24) is 15.2 Å². The summed E-state index contributed by atoms with van der Waals surface area (Å²) in [5.74, 6) is 0.571. The van der Waals surface area contributed by atoms with Gasteiger partial charge in [0.05, 0.1) is 12.7 Å². The number of aromatic nitrogens is 3. The van der Waals surface area contributed by atoms with Crippen LogP contribution in [0.2, 0.25) is 0 Å². The van der Waals surface area contributed by atoms with Gasteiger partial charge < -0.3 is 9.84 Å². The molecule has 0 aliphatic heterocycles. The Balaban J connectivity index is 2.01. The fourth-order valence-electron chi connectivity index (χ4n) is 0.953. The van der Waals surface area contributed by atoms with Crippen molar-refractivity contribution in [2.75, 3.05) is 19.0 Å². The first-order valence-corrected chi connectivity index (χ1v) is 6.05. The quantitative estimate of drug-likeness (QED) is 0.517. The van der Waals surface area contributed by atoms with Crippen molar-refractivity contribution in [2.45, 2.75) is 31.0 Å². The molecule has 0 aliphatic carbocycles. The van der Waals surface area contributed by atoms with Crippen LogP contribution in [0.25, 0.3) is 0 Å². The van der Waals surface area contributed by atoms with Crippen molar-refractivity contribution < 1.29 is 9.84 Å². The zero-order chi connectivity index (χ0) is 10.9. The molecule has 1 aromatic heterocycles. The molecular weight excluding hydrogens is 214 g/mol. The highest BCUT2D eigenvalue weighted by atomic mass is 32.2. The molecule has 0 aromatic carbocycles. The molecule has 1 aromatic rings. The molecule has 0 aliphatic rings. The molecule has 0 saturated heterocycles. The van der Waals surface area contributed by atoms with E-state index in [0.29, 0.717) is 12.4 Å². The molecular formula is C9H17N3O2S. The molecule has 1 heterocycles. The van der Waals surface area contributed by atoms with E-state index in [9.17, 15) is 5.11 Å². The Bertz CT molecular complexity index is 244. The number of unbranched alkanes of at least 4 members (excludes halogenated alkanes) is 1. The van der Waals surface area contributed by atoms with Crippen LogP contribution in [0.5, 0.6) is 0 Å². The van der Waals surface area contributed by atoms with Crippen LogP contribution in [0, 0.1) is 0 Å². The van der Waals surface area contributed by atoms with E-state index in [-0.39, 0.29) is 0 Å². The van der Waals surface area contributed by atoms with Crippen molar-refractivity contribution in [3.8, 4) is 0 Å². The standard InChI is InChI=1S/C9H17N3O2S/c1-2-3-4-14-5-8(13)6-15-9-10-7-11-12-9/h7-8,13H,2-6H2,1H3,(H,10,11,12). The van der Waals surface area contributed by atoms with E-state index < -0.39 is 6.10 Å². The second-order valence-corrected chi connectivity index (χ2v) is 4.19. The Labute approximate surface area is 93.6 Å². The van der Waals surface area contributed by atoms with Gasteiger partial charge >= 0.3 is 0 Å². The largest absolute Gasteiger partial charge is 0.390 e. The highest BCUT2D eigenvalue weighted by Crippen LogP contribution is 2.12. The lowest BCUT2D eigenvalue weighted by molar-refractivity contribution is 0.0473. The number of rotatable bonds is 8. The molecule has 6 heteroatoms. The zero-order valence-electron chi connectivity index (χ0n) is 8.85. The highest BCUT2D eigenvalue weighted by Gasteiger charge is 2.06. The minimum absolute atomic E-state index is 0.390. The smallest absolute Gasteiger partial charge is 0.183 e. The Kier molecular flexibility index (Phi) is 6.38. The van der Waals surface area contributed by atoms with E-state index in [0.717, 1.165) is 24.6 Å². The van der Waals surface area contributed by atoms with Gasteiger partial charge in [0, 0.05) is 12.4 Å². The van der Waals surface area contributed by atoms with Crippen molar-refractivity contribution in [3.63, 3.8) is 0 Å². The number of hydrogen-bond acceptors (Lipinski definition) is 5. The summed E-state index contributed by atoms with van der Waals surface area (Å²) in [7, 11) is 0. The summed E-state index contributed by atoms with van der Waals surface area (Å²) in [5.41, 5.74) is 0. The summed E-state index contributed by atoms with van der Waals surface area (Å²) in [4.78, 5) is 3.94. The Morgan fingerprint density at radius 2 is 2.53 bits per heavy atom. The maximum atomic E-state index is 9.54. The normalized spacial score (nSPS) is 12.9. The topological polar surface area (TPSA) is 71.0 Å². The number of ether oxygens (including phenoxy) is 1. The summed E-state index contributed by atoms with van der Waals surface area (Å²) in [6, 6.07) is 0. The molecule has 5 nitrogen and oxygen atoms in total. The molecule has 15 heavy (non-hydrogen) atoms. The van der Waals surface area contributed by atoms with Crippen LogP contribution in [0.4, 0.5) is 0 Å². The molecule has 0 fully saturated rings. The summed E-state index contributed by atoms with van der Waals surface area (Å²) >= 11 is 1.44. The fourth-order valence-corrected chi connectivity index (χ4v) is 1.64. The van der Waals surface area contributed by atoms with Gasteiger partial charge in [0.25, 0.3) is 0 Å². The molecule has 1 unspecified atom stereocenters. The average Bonchev–Trinajstić information content (AvgIpc) is 2.74. The maximum absolute atomic E-state index is 9.54. The SMILES string of the molecule is CCCCOCC(O)CSc1ncn[nH]1. The molecule has 1 atom stereocenters. The van der Waals surface area contributed by atoms with Gasteiger partial charge in [-0.05, 0) is 6.42 Å². The van der Waals surface area contributed by atoms with Crippen molar-refractivity contribution in [3.05, 3.63) is 6.33 Å². The number of aliphatic hydroxyl groups excluding tert-OH is 1. The van der Waals surface area contributed by atoms with E-state index in [1.165, 1.54) is 18.1 Å². The third-order valence-electron chi connectivity index (χ3n) is 1.76. The first-order chi connectivity index (χ1) is 7.33. The Morgan fingerprint density at radius 1 is 1.67 bits per heavy atom. The molecule has 2 N–H and O–H groups in total. The lowest BCUT2D eigenvalue weighted by Gasteiger charge is -2.09. The molecule has 0 amide bonds. The predicted molar refractivity (Wildman–Crippen MR) is 58.8 cm³/mol. The van der Waals surface area contributed by atoms with Gasteiger partial charge in [0.15, 0.2) is 5.16 Å². The van der Waals surface area contributed by atoms with E-state index in [4.69, 9.17) is 4.74 Å². The third kappa shape index (κ3) is 5.76. The Morgan fingerprint density at radius 3 is 3.20 bits per heavy atom. The molecule has 1 rings (SSSR count). The molecule has 0 spiro atoms. The van der Waals surface area contributed by atoms with Gasteiger partial charge in [-0.1, -0.05) is 25.1 Å². The number of nitrogens with zero attached hydrogens (tertiary/aromatic N) is 2. The monoisotopic (exact) mass is 231 g/mol. The first kappa shape index (κ1) is 12.5. The van der Waals surface area contributed by atoms with E-state index >= 15 is 0 Å². The van der Waals surface area contributed by atoms with Crippen LogP contribution in [0.1, 0.15) is 19.8 Å². The summed E-state index contributed by atoms with van der Waals surface area (Å²) < 4.78 is 5.30. The van der Waals surface area contributed by atoms with Crippen molar-refractivity contribution in [2.24, 2.45) is 0 Å². The molecule has 0 radical (unpaired) electrons. The minimum atomic E-state index is -0.447. The lowest BCUT2D eigenvalue weighted by atomic mass is 10.3. The number of aliphatic hydroxyl groups is 1. The van der Waals surface area contributed by atoms with Crippen molar-refractivity contribution >= 4 is 11.8 Å². The summed E-state index contributed by atoms with van der Waals surface area (Å²) in [6.07, 6.45) is 3.16. The predicted octanol–water partition coefficient (Wildman–Crippen LogP) is 1.07. The number of hydrogen-bond donors (Lipinski definition) is 2. The minimum Gasteiger partial charge on any atom is -0.390 e. The number of thioether (sulfide) groups is 1. The number of aromatic amines is 1. The second kappa shape index (κ2) is 7.67. The molecule has 0 saturated carbocycles. The lowest BCUT2D eigenvalue weighted by Crippen LogP contribution is -2.18. The number of H-pyrrole nitrogens is 1. The van der Waals surface area contributed by atoms with E-state index in [1.54, 1.807) is 0 Å². The summed E-state index contributed by atoms with van der Waals surface area (Å²) in [6.45, 7) is 3.22. The highest BCUT2D eigenvalue weighted by molar-refractivity contribution is 7.99.